The minimum atomic E-state index is -1.09. The minimum absolute atomic E-state index is 0.0196. The third-order valence-corrected chi connectivity index (χ3v) is 12.4. The average molecular weight is 1140 g/mol. The molecule has 6 aromatic rings. The van der Waals surface area contributed by atoms with Crippen LogP contribution in [0.25, 0.3) is 33.4 Å². The Morgan fingerprint density at radius 1 is 0.367 bits per heavy atom. The zero-order valence-electron chi connectivity index (χ0n) is 29.4. The molecule has 18 heteroatoms. The summed E-state index contributed by atoms with van der Waals surface area (Å²) in [4.78, 5) is 74.8. The molecule has 0 aliphatic heterocycles. The quantitative estimate of drug-likeness (QED) is 0.105. The molecule has 302 valence electrons. The molecule has 0 fully saturated rings. The van der Waals surface area contributed by atoms with Gasteiger partial charge in [0.1, 0.15) is 0 Å². The predicted octanol–water partition coefficient (Wildman–Crippen LogP) is 13.7. The highest BCUT2D eigenvalue weighted by Crippen LogP contribution is 2.44. The van der Waals surface area contributed by atoms with E-state index in [1.807, 2.05) is 0 Å². The number of carbonyl (C=O) groups excluding carboxylic acids is 4. The van der Waals surface area contributed by atoms with Gasteiger partial charge in [0, 0.05) is 29.0 Å². The molecule has 6 aromatic carbocycles. The first kappa shape index (κ1) is 45.2. The van der Waals surface area contributed by atoms with Crippen LogP contribution in [-0.2, 0) is 9.47 Å². The maximum Gasteiger partial charge on any atom is 0.346 e. The molecule has 0 saturated carbocycles. The van der Waals surface area contributed by atoms with Crippen molar-refractivity contribution in [3.63, 3.8) is 0 Å². The van der Waals surface area contributed by atoms with E-state index in [0.29, 0.717) is 40.1 Å². The highest BCUT2D eigenvalue weighted by atomic mass is 79.9. The lowest BCUT2D eigenvalue weighted by molar-refractivity contribution is 0.0380. The van der Waals surface area contributed by atoms with Gasteiger partial charge in [0.2, 0.25) is 0 Å². The average Bonchev–Trinajstić information content (AvgIpc) is 3.18. The largest absolute Gasteiger partial charge is 0.478 e. The molecule has 2 N–H and O–H groups in total. The molecule has 0 atom stereocenters. The lowest BCUT2D eigenvalue weighted by Gasteiger charge is -2.14. The third kappa shape index (κ3) is 9.72. The van der Waals surface area contributed by atoms with E-state index in [2.05, 4.69) is 63.7 Å². The Labute approximate surface area is 392 Å². The number of carboxylic acid groups (broad SMARTS) is 2. The molecule has 0 bridgehead atoms. The van der Waals surface area contributed by atoms with E-state index in [4.69, 9.17) is 55.9 Å². The van der Waals surface area contributed by atoms with Crippen molar-refractivity contribution in [1.29, 1.82) is 0 Å². The summed E-state index contributed by atoms with van der Waals surface area (Å²) < 4.78 is 12.1. The highest BCUT2D eigenvalue weighted by molar-refractivity contribution is 9.11. The van der Waals surface area contributed by atoms with Gasteiger partial charge in [-0.15, -0.1) is 0 Å². The van der Waals surface area contributed by atoms with Gasteiger partial charge in [-0.3, -0.25) is 0 Å². The number of rotatable bonds is 9. The number of carbonyl (C=O) groups is 6. The van der Waals surface area contributed by atoms with Gasteiger partial charge in [-0.2, -0.15) is 0 Å². The van der Waals surface area contributed by atoms with Crippen molar-refractivity contribution < 1.29 is 48.5 Å². The van der Waals surface area contributed by atoms with Gasteiger partial charge in [-0.1, -0.05) is 134 Å². The number of halogens is 8. The summed E-state index contributed by atoms with van der Waals surface area (Å²) in [5.74, 6) is -6.31. The van der Waals surface area contributed by atoms with Crippen LogP contribution in [0.3, 0.4) is 0 Å². The van der Waals surface area contributed by atoms with Crippen molar-refractivity contribution in [3.8, 4) is 33.4 Å². The van der Waals surface area contributed by atoms with E-state index in [-0.39, 0.29) is 64.6 Å². The maximum atomic E-state index is 13.1. The molecule has 0 radical (unpaired) electrons. The van der Waals surface area contributed by atoms with Crippen molar-refractivity contribution in [2.75, 3.05) is 0 Å². The molecular formula is C42H18Br4Cl4O10. The van der Waals surface area contributed by atoms with Gasteiger partial charge >= 0.3 is 35.8 Å². The Kier molecular flexibility index (Phi) is 14.1. The number of benzene rings is 6. The number of hydrogen-bond donors (Lipinski definition) is 2. The Hall–Kier alpha value is -4.38. The van der Waals surface area contributed by atoms with Gasteiger partial charge < -0.3 is 19.7 Å². The van der Waals surface area contributed by atoms with Crippen LogP contribution in [0.5, 0.6) is 0 Å². The number of hydrogen-bond acceptors (Lipinski definition) is 8. The molecule has 60 heavy (non-hydrogen) atoms. The summed E-state index contributed by atoms with van der Waals surface area (Å²) in [6, 6.07) is 22.7. The Balaban J connectivity index is 1.15. The number of aromatic carboxylic acids is 2. The topological polar surface area (TPSA) is 161 Å². The normalized spacial score (nSPS) is 10.9. The molecule has 6 rings (SSSR count). The highest BCUT2D eigenvalue weighted by Gasteiger charge is 2.25. The molecular weight excluding hydrogens is 1130 g/mol. The van der Waals surface area contributed by atoms with Crippen molar-refractivity contribution in [2.45, 2.75) is 0 Å². The van der Waals surface area contributed by atoms with Gasteiger partial charge in [0.25, 0.3) is 0 Å². The van der Waals surface area contributed by atoms with E-state index < -0.39 is 35.8 Å². The summed E-state index contributed by atoms with van der Waals surface area (Å²) in [6.07, 6.45) is 0. The van der Waals surface area contributed by atoms with Crippen LogP contribution in [0.15, 0.2) is 115 Å². The fraction of sp³-hybridized carbons (Fsp3) is 0. The molecule has 0 spiro atoms. The number of carboxylic acids is 2. The molecule has 0 aliphatic rings. The second-order valence-electron chi connectivity index (χ2n) is 12.4. The second kappa shape index (κ2) is 18.7. The first-order valence-electron chi connectivity index (χ1n) is 16.5. The Bertz CT molecular complexity index is 2630. The van der Waals surface area contributed by atoms with Crippen molar-refractivity contribution in [3.05, 3.63) is 168 Å². The molecule has 0 unspecified atom stereocenters. The number of ether oxygens (including phenoxy) is 2. The molecule has 10 nitrogen and oxygen atoms in total. The van der Waals surface area contributed by atoms with Crippen LogP contribution in [-0.4, -0.2) is 46.0 Å². The zero-order chi connectivity index (χ0) is 43.7. The summed E-state index contributed by atoms with van der Waals surface area (Å²) in [6.45, 7) is 0. The number of esters is 4. The standard InChI is InChI=1S/C42H18Br4Cl4O10/c43-27-9-17(37(51)52)1-5-23(27)25-7-3-19(11-29(25)45)39(55)59-41(57)21-13-31(47)35(32(48)14-21)36-33(49)15-22(16-34(36)50)42(58)60-40(56)20-4-8-26(30(46)12-20)24-6-2-18(38(53)54)10-28(24)44/h1-16H,(H,51,52)(H,53,54). The lowest BCUT2D eigenvalue weighted by atomic mass is 10.0. The van der Waals surface area contributed by atoms with Gasteiger partial charge in [0.15, 0.2) is 0 Å². The summed E-state index contributed by atoms with van der Waals surface area (Å²) in [5, 5.41) is 18.1. The molecule has 0 amide bonds. The van der Waals surface area contributed by atoms with Crippen molar-refractivity contribution in [2.24, 2.45) is 0 Å². The summed E-state index contributed by atoms with van der Waals surface area (Å²) >= 11 is 39.9. The van der Waals surface area contributed by atoms with Crippen LogP contribution in [0.2, 0.25) is 20.1 Å². The fourth-order valence-corrected chi connectivity index (χ4v) is 9.44. The summed E-state index contributed by atoms with van der Waals surface area (Å²) in [7, 11) is 0. The smallest absolute Gasteiger partial charge is 0.346 e. The van der Waals surface area contributed by atoms with Crippen LogP contribution < -0.4 is 0 Å². The Morgan fingerprint density at radius 3 is 0.850 bits per heavy atom. The third-order valence-electron chi connectivity index (χ3n) is 8.60. The zero-order valence-corrected chi connectivity index (χ0v) is 38.8. The van der Waals surface area contributed by atoms with Gasteiger partial charge in [0.05, 0.1) is 53.5 Å². The van der Waals surface area contributed by atoms with E-state index in [1.165, 1.54) is 72.8 Å². The van der Waals surface area contributed by atoms with Gasteiger partial charge in [-0.05, 0) is 95.1 Å². The lowest BCUT2D eigenvalue weighted by Crippen LogP contribution is -2.13. The maximum absolute atomic E-state index is 13.1. The SMILES string of the molecule is O=C(O)c1ccc(-c2ccc(C(=O)OC(=O)c3cc(Cl)c(-c4c(Cl)cc(C(=O)OC(=O)c5ccc(-c6ccc(C(=O)O)cc6Br)c(Br)c5)cc4Cl)c(Cl)c3)cc2Br)c(Br)c1. The van der Waals surface area contributed by atoms with Crippen LogP contribution in [0, 0.1) is 0 Å². The second-order valence-corrected chi connectivity index (χ2v) is 17.4. The minimum Gasteiger partial charge on any atom is -0.478 e. The van der Waals surface area contributed by atoms with E-state index in [0.717, 1.165) is 0 Å². The monoisotopic (exact) mass is 1140 g/mol. The van der Waals surface area contributed by atoms with Crippen LogP contribution in [0.1, 0.15) is 62.1 Å². The van der Waals surface area contributed by atoms with E-state index in [9.17, 15) is 39.0 Å². The van der Waals surface area contributed by atoms with Gasteiger partial charge in [-0.25, -0.2) is 28.8 Å². The van der Waals surface area contributed by atoms with Crippen LogP contribution >= 0.6 is 110 Å². The Morgan fingerprint density at radius 2 is 0.600 bits per heavy atom. The molecule has 0 aliphatic carbocycles. The van der Waals surface area contributed by atoms with Crippen LogP contribution in [0.4, 0.5) is 0 Å². The van der Waals surface area contributed by atoms with E-state index in [1.54, 1.807) is 24.3 Å². The molecule has 0 heterocycles. The molecule has 0 aromatic heterocycles. The fourth-order valence-electron chi connectivity index (χ4n) is 5.72. The first-order valence-corrected chi connectivity index (χ1v) is 21.2. The van der Waals surface area contributed by atoms with Crippen molar-refractivity contribution >= 4 is 146 Å². The van der Waals surface area contributed by atoms with E-state index >= 15 is 0 Å². The first-order chi connectivity index (χ1) is 28.3. The van der Waals surface area contributed by atoms with Crippen molar-refractivity contribution in [1.82, 2.24) is 0 Å². The predicted molar refractivity (Wildman–Crippen MR) is 240 cm³/mol. The molecule has 0 saturated heterocycles. The summed E-state index contributed by atoms with van der Waals surface area (Å²) in [5.41, 5.74) is 2.54.